The molecule has 7 nitrogen and oxygen atoms in total. The second-order valence-electron chi connectivity index (χ2n) is 11.2. The Bertz CT molecular complexity index is 1380. The van der Waals surface area contributed by atoms with Crippen molar-refractivity contribution in [3.63, 3.8) is 0 Å². The molecule has 0 radical (unpaired) electrons. The van der Waals surface area contributed by atoms with E-state index in [1.807, 2.05) is 41.3 Å². The smallest absolute Gasteiger partial charge is 0.258 e. The van der Waals surface area contributed by atoms with E-state index in [4.69, 9.17) is 16.3 Å². The molecule has 42 heavy (non-hydrogen) atoms. The molecule has 0 saturated carbocycles. The number of carbonyl (C=O) groups excluding carboxylic acids is 2. The van der Waals surface area contributed by atoms with Crippen molar-refractivity contribution in [3.8, 4) is 5.75 Å². The van der Waals surface area contributed by atoms with Crippen molar-refractivity contribution in [2.75, 3.05) is 56.2 Å². The number of benzene rings is 3. The van der Waals surface area contributed by atoms with Crippen molar-refractivity contribution in [2.45, 2.75) is 45.7 Å². The van der Waals surface area contributed by atoms with Crippen LogP contribution >= 0.6 is 11.6 Å². The van der Waals surface area contributed by atoms with Crippen molar-refractivity contribution in [1.29, 1.82) is 0 Å². The Labute approximate surface area is 254 Å². The van der Waals surface area contributed by atoms with Crippen LogP contribution in [0.3, 0.4) is 0 Å². The molecule has 3 aromatic rings. The number of amides is 2. The van der Waals surface area contributed by atoms with Gasteiger partial charge in [0.15, 0.2) is 0 Å². The summed E-state index contributed by atoms with van der Waals surface area (Å²) in [7, 11) is 1.61. The minimum absolute atomic E-state index is 0.0406. The number of rotatable bonds is 5. The maximum atomic E-state index is 14.4. The van der Waals surface area contributed by atoms with E-state index in [0.29, 0.717) is 42.5 Å². The van der Waals surface area contributed by atoms with E-state index < -0.39 is 0 Å². The van der Waals surface area contributed by atoms with Gasteiger partial charge in [0.05, 0.1) is 18.4 Å². The molecule has 222 valence electrons. The lowest BCUT2D eigenvalue weighted by molar-refractivity contribution is -0.116. The lowest BCUT2D eigenvalue weighted by atomic mass is 10.1. The van der Waals surface area contributed by atoms with Gasteiger partial charge in [-0.05, 0) is 67.1 Å². The summed E-state index contributed by atoms with van der Waals surface area (Å²) in [6.45, 7) is 7.31. The first-order valence-corrected chi connectivity index (χ1v) is 15.4. The zero-order valence-corrected chi connectivity index (χ0v) is 25.5. The molecule has 5 rings (SSSR count). The van der Waals surface area contributed by atoms with Gasteiger partial charge in [0.2, 0.25) is 5.91 Å². The van der Waals surface area contributed by atoms with E-state index in [2.05, 4.69) is 40.1 Å². The van der Waals surface area contributed by atoms with Crippen LogP contribution in [0.15, 0.2) is 66.7 Å². The molecule has 1 saturated heterocycles. The molecule has 8 heteroatoms. The molecule has 2 amide bonds. The first-order valence-electron chi connectivity index (χ1n) is 15.0. The van der Waals surface area contributed by atoms with Crippen LogP contribution in [0.1, 0.15) is 54.1 Å². The quantitative estimate of drug-likeness (QED) is 0.353. The number of ether oxygens (including phenoxy) is 1. The second-order valence-corrected chi connectivity index (χ2v) is 11.7. The Balaban J connectivity index is 1.51. The Morgan fingerprint density at radius 1 is 0.833 bits per heavy atom. The van der Waals surface area contributed by atoms with Crippen molar-refractivity contribution >= 4 is 34.8 Å². The Morgan fingerprint density at radius 3 is 2.36 bits per heavy atom. The van der Waals surface area contributed by atoms with E-state index in [9.17, 15) is 9.59 Å². The summed E-state index contributed by atoms with van der Waals surface area (Å²) in [5.41, 5.74) is 4.49. The predicted molar refractivity (Wildman–Crippen MR) is 170 cm³/mol. The van der Waals surface area contributed by atoms with Gasteiger partial charge in [-0.1, -0.05) is 48.0 Å². The average Bonchev–Trinajstić information content (AvgIpc) is 3.04. The fourth-order valence-electron chi connectivity index (χ4n) is 6.04. The molecular formula is C34H41ClN4O3. The van der Waals surface area contributed by atoms with E-state index in [0.717, 1.165) is 62.4 Å². The summed E-state index contributed by atoms with van der Waals surface area (Å²) >= 11 is 6.44. The number of fused-ring (bicyclic) bond motifs is 1. The third-order valence-corrected chi connectivity index (χ3v) is 8.53. The highest BCUT2D eigenvalue weighted by Gasteiger charge is 2.26. The summed E-state index contributed by atoms with van der Waals surface area (Å²) < 4.78 is 5.71. The van der Waals surface area contributed by atoms with Crippen molar-refractivity contribution < 1.29 is 14.3 Å². The van der Waals surface area contributed by atoms with E-state index in [1.54, 1.807) is 18.9 Å². The van der Waals surface area contributed by atoms with E-state index >= 15 is 0 Å². The molecule has 2 aliphatic rings. The minimum Gasteiger partial charge on any atom is -0.496 e. The standard InChI is InChI=1S/C34H41ClN4O3/c1-26(40)39-19-9-16-36(24-27-10-5-3-6-11-27)20-21-38(25-28-12-13-29(35)22-32(28)39)34(41)31-23-30(14-15-33(31)42-2)37-17-7-4-8-18-37/h3,5-6,10-15,22-23H,4,7-9,16-21,24-25H2,1-2H3. The van der Waals surface area contributed by atoms with Gasteiger partial charge in [0.1, 0.15) is 5.75 Å². The molecule has 0 unspecified atom stereocenters. The molecule has 0 N–H and O–H groups in total. The molecule has 3 aromatic carbocycles. The number of hydrogen-bond acceptors (Lipinski definition) is 5. The number of methoxy groups -OCH3 is 1. The zero-order valence-electron chi connectivity index (χ0n) is 24.7. The Kier molecular flexibility index (Phi) is 10.0. The topological polar surface area (TPSA) is 56.3 Å². The van der Waals surface area contributed by atoms with Crippen LogP contribution in [0, 0.1) is 0 Å². The molecule has 0 atom stereocenters. The first kappa shape index (κ1) is 29.9. The summed E-state index contributed by atoms with van der Waals surface area (Å²) in [4.78, 5) is 35.7. The monoisotopic (exact) mass is 588 g/mol. The van der Waals surface area contributed by atoms with Crippen LogP contribution in [0.2, 0.25) is 5.02 Å². The minimum atomic E-state index is -0.0834. The Morgan fingerprint density at radius 2 is 1.62 bits per heavy atom. The van der Waals surface area contributed by atoms with Gasteiger partial charge in [-0.15, -0.1) is 0 Å². The number of anilines is 2. The van der Waals surface area contributed by atoms with Gasteiger partial charge >= 0.3 is 0 Å². The summed E-state index contributed by atoms with van der Waals surface area (Å²) in [5, 5.41) is 0.564. The number of carbonyl (C=O) groups is 2. The van der Waals surface area contributed by atoms with Crippen molar-refractivity contribution in [3.05, 3.63) is 88.4 Å². The summed E-state index contributed by atoms with van der Waals surface area (Å²) in [6.07, 6.45) is 4.36. The van der Waals surface area contributed by atoms with Crippen LogP contribution in [0.5, 0.6) is 5.75 Å². The number of hydrogen-bond donors (Lipinski definition) is 0. The van der Waals surface area contributed by atoms with Gasteiger partial charge in [-0.2, -0.15) is 0 Å². The van der Waals surface area contributed by atoms with Gasteiger partial charge in [0, 0.05) is 70.0 Å². The van der Waals surface area contributed by atoms with Crippen LogP contribution in [-0.2, 0) is 17.9 Å². The van der Waals surface area contributed by atoms with Gasteiger partial charge in [0.25, 0.3) is 5.91 Å². The van der Waals surface area contributed by atoms with Crippen molar-refractivity contribution in [2.24, 2.45) is 0 Å². The predicted octanol–water partition coefficient (Wildman–Crippen LogP) is 6.24. The van der Waals surface area contributed by atoms with Gasteiger partial charge in [-0.3, -0.25) is 14.5 Å². The molecule has 0 aliphatic carbocycles. The SMILES string of the molecule is COc1ccc(N2CCCCC2)cc1C(=O)N1CCN(Cc2ccccc2)CCCN(C(C)=O)c2cc(Cl)ccc2C1. The van der Waals surface area contributed by atoms with Crippen molar-refractivity contribution in [1.82, 2.24) is 9.80 Å². The first-order chi connectivity index (χ1) is 20.4. The highest BCUT2D eigenvalue weighted by molar-refractivity contribution is 6.31. The average molecular weight is 589 g/mol. The number of halogens is 1. The molecule has 2 heterocycles. The van der Waals surface area contributed by atoms with Crippen LogP contribution < -0.4 is 14.5 Å². The lowest BCUT2D eigenvalue weighted by Crippen LogP contribution is -2.39. The number of nitrogens with zero attached hydrogens (tertiary/aromatic N) is 4. The maximum absolute atomic E-state index is 14.4. The zero-order chi connectivity index (χ0) is 29.5. The third-order valence-electron chi connectivity index (χ3n) is 8.29. The fourth-order valence-corrected chi connectivity index (χ4v) is 6.20. The third kappa shape index (κ3) is 7.26. The maximum Gasteiger partial charge on any atom is 0.258 e. The van der Waals surface area contributed by atoms with Crippen LogP contribution in [-0.4, -0.2) is 68.0 Å². The summed E-state index contributed by atoms with van der Waals surface area (Å²) in [6, 6.07) is 22.0. The van der Waals surface area contributed by atoms with E-state index in [-0.39, 0.29) is 11.8 Å². The molecule has 1 fully saturated rings. The van der Waals surface area contributed by atoms with Crippen LogP contribution in [0.4, 0.5) is 11.4 Å². The van der Waals surface area contributed by atoms with Gasteiger partial charge in [-0.25, -0.2) is 0 Å². The van der Waals surface area contributed by atoms with E-state index in [1.165, 1.54) is 12.0 Å². The lowest BCUT2D eigenvalue weighted by Gasteiger charge is -2.31. The number of piperidine rings is 1. The second kappa shape index (κ2) is 14.1. The molecule has 0 spiro atoms. The highest BCUT2D eigenvalue weighted by Crippen LogP contribution is 2.31. The molecule has 0 aromatic heterocycles. The van der Waals surface area contributed by atoms with Crippen LogP contribution in [0.25, 0.3) is 0 Å². The Hall–Kier alpha value is -3.55. The normalized spacial score (nSPS) is 16.9. The largest absolute Gasteiger partial charge is 0.496 e. The molecular weight excluding hydrogens is 548 g/mol. The molecule has 0 bridgehead atoms. The molecule has 2 aliphatic heterocycles. The summed E-state index contributed by atoms with van der Waals surface area (Å²) in [5.74, 6) is 0.443. The van der Waals surface area contributed by atoms with Gasteiger partial charge < -0.3 is 19.4 Å². The fraction of sp³-hybridized carbons (Fsp3) is 0.412. The highest BCUT2D eigenvalue weighted by atomic mass is 35.5.